The Morgan fingerprint density at radius 1 is 1.02 bits per heavy atom. The number of alkyl halides is 3. The van der Waals surface area contributed by atoms with E-state index in [1.165, 1.54) is 18.3 Å². The summed E-state index contributed by atoms with van der Waals surface area (Å²) in [4.78, 5) is 21.3. The molecule has 2 aromatic carbocycles. The first-order chi connectivity index (χ1) is 19.6. The van der Waals surface area contributed by atoms with Crippen molar-refractivity contribution in [2.75, 3.05) is 31.7 Å². The van der Waals surface area contributed by atoms with E-state index in [4.69, 9.17) is 24.2 Å². The van der Waals surface area contributed by atoms with Gasteiger partial charge in [-0.25, -0.2) is 9.37 Å². The van der Waals surface area contributed by atoms with Crippen molar-refractivity contribution in [1.29, 1.82) is 0 Å². The van der Waals surface area contributed by atoms with Gasteiger partial charge in [-0.05, 0) is 24.5 Å². The Kier molecular flexibility index (Phi) is 7.78. The van der Waals surface area contributed by atoms with E-state index >= 15 is 0 Å². The highest BCUT2D eigenvalue weighted by Gasteiger charge is 2.66. The molecule has 41 heavy (non-hydrogen) atoms. The van der Waals surface area contributed by atoms with Crippen LogP contribution in [0.5, 0.6) is 11.5 Å². The molecule has 216 valence electrons. The second-order valence-corrected chi connectivity index (χ2v) is 9.37. The lowest BCUT2D eigenvalue weighted by Gasteiger charge is -2.14. The number of rotatable bonds is 11. The predicted molar refractivity (Wildman–Crippen MR) is 136 cm³/mol. The van der Waals surface area contributed by atoms with Gasteiger partial charge >= 0.3 is 6.18 Å². The Hall–Kier alpha value is -4.30. The summed E-state index contributed by atoms with van der Waals surface area (Å²) in [5.74, 6) is -1.35. The van der Waals surface area contributed by atoms with E-state index in [1.807, 2.05) is 0 Å². The summed E-state index contributed by atoms with van der Waals surface area (Å²) < 4.78 is 70.6. The maximum absolute atomic E-state index is 15.0. The van der Waals surface area contributed by atoms with Crippen LogP contribution in [0, 0.1) is 5.82 Å². The molecule has 0 bridgehead atoms. The molecule has 0 aliphatic heterocycles. The van der Waals surface area contributed by atoms with Crippen LogP contribution in [0.15, 0.2) is 47.1 Å². The zero-order valence-corrected chi connectivity index (χ0v) is 21.4. The summed E-state index contributed by atoms with van der Waals surface area (Å²) in [5, 5.41) is 24.0. The molecule has 14 heteroatoms. The van der Waals surface area contributed by atoms with Crippen molar-refractivity contribution in [3.63, 3.8) is 0 Å². The third-order valence-electron chi connectivity index (χ3n) is 6.55. The first-order valence-corrected chi connectivity index (χ1v) is 12.5. The van der Waals surface area contributed by atoms with Gasteiger partial charge in [0.05, 0.1) is 42.6 Å². The van der Waals surface area contributed by atoms with Crippen LogP contribution in [-0.4, -0.2) is 63.8 Å². The summed E-state index contributed by atoms with van der Waals surface area (Å²) in [7, 11) is 0. The number of carbonyl (C=O) groups is 1. The number of amides is 1. The third-order valence-corrected chi connectivity index (χ3v) is 6.55. The highest BCUT2D eigenvalue weighted by atomic mass is 19.4. The SMILES string of the molecule is O=C(Cc1ccc(-c2cnc3cc(OCCO)c(OCCO)cc3n2)cc1F)Nc1cc(C2(C(F)(F)F)CC2)on1. The molecule has 1 amide bonds. The number of ether oxygens (including phenoxy) is 2. The number of halogens is 4. The van der Waals surface area contributed by atoms with Crippen LogP contribution in [0.25, 0.3) is 22.3 Å². The number of hydrogen-bond acceptors (Lipinski definition) is 9. The van der Waals surface area contributed by atoms with E-state index in [9.17, 15) is 22.4 Å². The van der Waals surface area contributed by atoms with Crippen LogP contribution in [0.1, 0.15) is 24.2 Å². The molecule has 5 rings (SSSR count). The van der Waals surface area contributed by atoms with Gasteiger partial charge in [-0.15, -0.1) is 0 Å². The standard InChI is InChI=1S/C27H24F4N4O6/c28-17-9-16(20-14-32-18-11-21(39-7-5-36)22(40-8-6-37)12-19(18)33-20)2-1-15(17)10-25(38)34-24-13-23(41-35-24)26(3-4-26)27(29,30)31/h1-2,9,11-14,36-37H,3-8,10H2,(H,34,35,38). The van der Waals surface area contributed by atoms with Crippen molar-refractivity contribution in [2.45, 2.75) is 30.9 Å². The van der Waals surface area contributed by atoms with Gasteiger partial charge < -0.3 is 29.5 Å². The normalized spacial score (nSPS) is 14.2. The number of aromatic nitrogens is 3. The van der Waals surface area contributed by atoms with Crippen LogP contribution >= 0.6 is 0 Å². The van der Waals surface area contributed by atoms with Gasteiger partial charge in [0.1, 0.15) is 24.4 Å². The molecular weight excluding hydrogens is 552 g/mol. The summed E-state index contributed by atoms with van der Waals surface area (Å²) >= 11 is 0. The van der Waals surface area contributed by atoms with Gasteiger partial charge in [-0.1, -0.05) is 17.3 Å². The largest absolute Gasteiger partial charge is 0.487 e. The molecule has 1 aliphatic carbocycles. The molecule has 0 radical (unpaired) electrons. The maximum Gasteiger partial charge on any atom is 0.401 e. The average molecular weight is 577 g/mol. The van der Waals surface area contributed by atoms with Crippen molar-refractivity contribution in [1.82, 2.24) is 15.1 Å². The van der Waals surface area contributed by atoms with Gasteiger partial charge in [0, 0.05) is 23.8 Å². The van der Waals surface area contributed by atoms with E-state index in [0.29, 0.717) is 28.0 Å². The highest BCUT2D eigenvalue weighted by Crippen LogP contribution is 2.59. The molecule has 0 saturated heterocycles. The Morgan fingerprint density at radius 3 is 2.32 bits per heavy atom. The smallest absolute Gasteiger partial charge is 0.401 e. The van der Waals surface area contributed by atoms with Gasteiger partial charge in [-0.3, -0.25) is 9.78 Å². The summed E-state index contributed by atoms with van der Waals surface area (Å²) in [5.41, 5.74) is -0.462. The van der Waals surface area contributed by atoms with Crippen molar-refractivity contribution in [3.8, 4) is 22.8 Å². The quantitative estimate of drug-likeness (QED) is 0.227. The van der Waals surface area contributed by atoms with E-state index in [2.05, 4.69) is 20.4 Å². The van der Waals surface area contributed by atoms with Crippen LogP contribution in [-0.2, 0) is 16.6 Å². The number of carbonyl (C=O) groups excluding carboxylic acids is 1. The third kappa shape index (κ3) is 5.93. The van der Waals surface area contributed by atoms with Gasteiger partial charge in [0.25, 0.3) is 0 Å². The Bertz CT molecular complexity index is 1570. The molecule has 4 aromatic rings. The summed E-state index contributed by atoms with van der Waals surface area (Å²) in [6.07, 6.45) is -3.68. The zero-order valence-electron chi connectivity index (χ0n) is 21.4. The molecule has 0 atom stereocenters. The van der Waals surface area contributed by atoms with Crippen molar-refractivity contribution < 1.29 is 46.6 Å². The van der Waals surface area contributed by atoms with Gasteiger partial charge in [-0.2, -0.15) is 13.2 Å². The molecule has 1 aliphatic rings. The monoisotopic (exact) mass is 576 g/mol. The lowest BCUT2D eigenvalue weighted by molar-refractivity contribution is -0.165. The number of aliphatic hydroxyl groups excluding tert-OH is 2. The number of fused-ring (bicyclic) bond motifs is 1. The maximum atomic E-state index is 15.0. The van der Waals surface area contributed by atoms with E-state index < -0.39 is 29.7 Å². The fraction of sp³-hybridized carbons (Fsp3) is 0.333. The molecule has 1 saturated carbocycles. The first-order valence-electron chi connectivity index (χ1n) is 12.5. The second-order valence-electron chi connectivity index (χ2n) is 9.37. The lowest BCUT2D eigenvalue weighted by Crippen LogP contribution is -2.28. The number of benzene rings is 2. The van der Waals surface area contributed by atoms with Crippen molar-refractivity contribution in [3.05, 3.63) is 59.7 Å². The molecule has 2 heterocycles. The molecule has 0 unspecified atom stereocenters. The van der Waals surface area contributed by atoms with Crippen molar-refractivity contribution >= 4 is 22.8 Å². The van der Waals surface area contributed by atoms with Crippen LogP contribution in [0.2, 0.25) is 0 Å². The fourth-order valence-corrected chi connectivity index (χ4v) is 4.26. The number of hydrogen-bond donors (Lipinski definition) is 3. The van der Waals surface area contributed by atoms with Crippen molar-refractivity contribution in [2.24, 2.45) is 0 Å². The number of nitrogens with zero attached hydrogens (tertiary/aromatic N) is 3. The molecule has 0 spiro atoms. The Morgan fingerprint density at radius 2 is 1.71 bits per heavy atom. The number of nitrogens with one attached hydrogen (secondary N) is 1. The minimum Gasteiger partial charge on any atom is -0.487 e. The topological polar surface area (TPSA) is 140 Å². The van der Waals surface area contributed by atoms with Gasteiger partial charge in [0.15, 0.2) is 23.1 Å². The Balaban J connectivity index is 1.30. The van der Waals surface area contributed by atoms with E-state index in [-0.39, 0.29) is 62.2 Å². The van der Waals surface area contributed by atoms with Crippen LogP contribution in [0.3, 0.4) is 0 Å². The second kappa shape index (κ2) is 11.3. The van der Waals surface area contributed by atoms with E-state index in [0.717, 1.165) is 6.07 Å². The first kappa shape index (κ1) is 28.2. The molecule has 2 aromatic heterocycles. The molecule has 1 fully saturated rings. The average Bonchev–Trinajstić information content (AvgIpc) is 3.65. The molecule has 10 nitrogen and oxygen atoms in total. The zero-order chi connectivity index (χ0) is 29.2. The highest BCUT2D eigenvalue weighted by molar-refractivity contribution is 5.91. The van der Waals surface area contributed by atoms with E-state index in [1.54, 1.807) is 18.2 Å². The minimum atomic E-state index is -4.48. The summed E-state index contributed by atoms with van der Waals surface area (Å²) in [6.45, 7) is -0.421. The van der Waals surface area contributed by atoms with Gasteiger partial charge in [0.2, 0.25) is 5.91 Å². The Labute approximate surface area is 229 Å². The molecular formula is C27H24F4N4O6. The number of anilines is 1. The lowest BCUT2D eigenvalue weighted by atomic mass is 10.0. The van der Waals surface area contributed by atoms with Crippen LogP contribution in [0.4, 0.5) is 23.4 Å². The predicted octanol–water partition coefficient (Wildman–Crippen LogP) is 3.94. The fourth-order valence-electron chi connectivity index (χ4n) is 4.26. The minimum absolute atomic E-state index is 0.000515. The summed E-state index contributed by atoms with van der Waals surface area (Å²) in [6, 6.07) is 8.31. The van der Waals surface area contributed by atoms with Crippen LogP contribution < -0.4 is 14.8 Å². The molecule has 3 N–H and O–H groups in total. The number of aliphatic hydroxyl groups is 2.